The average molecular weight is 419 g/mol. The summed E-state index contributed by atoms with van der Waals surface area (Å²) in [4.78, 5) is 14.6. The summed E-state index contributed by atoms with van der Waals surface area (Å²) >= 11 is 5.86. The number of rotatable bonds is 6. The summed E-state index contributed by atoms with van der Waals surface area (Å²) in [6.45, 7) is 2.09. The number of hydrogen-bond acceptors (Lipinski definition) is 6. The number of hydrogen-bond donors (Lipinski definition) is 1. The maximum absolute atomic E-state index is 12.3. The number of likely N-dealkylation sites (N-methyl/N-ethyl adjacent to an activating group) is 1. The molecule has 0 aromatic heterocycles. The first kappa shape index (κ1) is 19.7. The van der Waals surface area contributed by atoms with Gasteiger partial charge in [0, 0.05) is 35.8 Å². The molecule has 154 valence electrons. The van der Waals surface area contributed by atoms with E-state index in [1.54, 1.807) is 31.4 Å². The highest BCUT2D eigenvalue weighted by Gasteiger charge is 2.32. The van der Waals surface area contributed by atoms with Crippen molar-refractivity contribution in [3.63, 3.8) is 0 Å². The van der Waals surface area contributed by atoms with E-state index in [9.17, 15) is 4.79 Å². The maximum atomic E-state index is 12.3. The number of methoxy groups -OCH3 is 1. The molecule has 1 amide bonds. The topological polar surface area (TPSA) is 69.3 Å². The van der Waals surface area contributed by atoms with Gasteiger partial charge in [-0.15, -0.1) is 0 Å². The molecule has 1 N–H and O–H groups in total. The number of nitrogens with one attached hydrogen (secondary N) is 1. The Morgan fingerprint density at radius 3 is 2.72 bits per heavy atom. The molecule has 2 aromatic rings. The van der Waals surface area contributed by atoms with E-state index in [0.717, 1.165) is 42.0 Å². The third kappa shape index (κ3) is 4.06. The van der Waals surface area contributed by atoms with Crippen molar-refractivity contribution in [1.29, 1.82) is 0 Å². The Balaban J connectivity index is 1.50. The van der Waals surface area contributed by atoms with Crippen molar-refractivity contribution in [3.8, 4) is 23.0 Å². The minimum absolute atomic E-state index is 0.0811. The van der Waals surface area contributed by atoms with E-state index >= 15 is 0 Å². The molecule has 29 heavy (non-hydrogen) atoms. The molecule has 0 spiro atoms. The molecular weight excluding hydrogens is 396 g/mol. The van der Waals surface area contributed by atoms with Crippen LogP contribution in [-0.4, -0.2) is 44.9 Å². The number of carbonyl (C=O) groups is 1. The van der Waals surface area contributed by atoms with Gasteiger partial charge < -0.3 is 29.2 Å². The molecule has 0 bridgehead atoms. The molecule has 7 nitrogen and oxygen atoms in total. The molecular formula is C21H23ClN2O5. The van der Waals surface area contributed by atoms with Crippen molar-refractivity contribution >= 4 is 17.5 Å². The third-order valence-corrected chi connectivity index (χ3v) is 5.37. The predicted octanol–water partition coefficient (Wildman–Crippen LogP) is 2.76. The summed E-state index contributed by atoms with van der Waals surface area (Å²) in [5.41, 5.74) is 3.19. The lowest BCUT2D eigenvalue weighted by molar-refractivity contribution is -0.123. The molecule has 2 aromatic carbocycles. The highest BCUT2D eigenvalue weighted by atomic mass is 35.5. The number of halogens is 1. The Morgan fingerprint density at radius 2 is 1.97 bits per heavy atom. The van der Waals surface area contributed by atoms with Gasteiger partial charge in [0.25, 0.3) is 5.91 Å². The van der Waals surface area contributed by atoms with Crippen molar-refractivity contribution in [2.24, 2.45) is 0 Å². The smallest absolute Gasteiger partial charge is 0.258 e. The summed E-state index contributed by atoms with van der Waals surface area (Å²) < 4.78 is 22.5. The van der Waals surface area contributed by atoms with Crippen LogP contribution in [0.5, 0.6) is 23.0 Å². The van der Waals surface area contributed by atoms with Crippen molar-refractivity contribution in [3.05, 3.63) is 46.0 Å². The summed E-state index contributed by atoms with van der Waals surface area (Å²) in [5.74, 6) is 2.37. The van der Waals surface area contributed by atoms with E-state index in [0.29, 0.717) is 28.8 Å². The quantitative estimate of drug-likeness (QED) is 0.778. The van der Waals surface area contributed by atoms with Crippen LogP contribution in [0, 0.1) is 0 Å². The van der Waals surface area contributed by atoms with Crippen LogP contribution in [-0.2, 0) is 24.3 Å². The summed E-state index contributed by atoms with van der Waals surface area (Å²) in [7, 11) is 3.71. The van der Waals surface area contributed by atoms with Gasteiger partial charge >= 0.3 is 0 Å². The Bertz CT molecular complexity index is 917. The van der Waals surface area contributed by atoms with Gasteiger partial charge in [-0.3, -0.25) is 4.79 Å². The average Bonchev–Trinajstić information content (AvgIpc) is 3.20. The molecule has 0 radical (unpaired) electrons. The predicted molar refractivity (Wildman–Crippen MR) is 108 cm³/mol. The van der Waals surface area contributed by atoms with Crippen molar-refractivity contribution < 1.29 is 23.7 Å². The summed E-state index contributed by atoms with van der Waals surface area (Å²) in [5, 5.41) is 3.55. The Kier molecular flexibility index (Phi) is 5.69. The second-order valence-corrected chi connectivity index (χ2v) is 7.48. The SMILES string of the molecule is COc1c2c(c(CNC(=O)COc3ccc(Cl)cc3)c3c1OCO3)CCN(C)C2. The standard InChI is InChI=1S/C21H23ClN2O5/c1-24-8-7-15-16(20-21(29-12-28-20)19(26-2)17(15)10-24)9-23-18(25)11-27-14-5-3-13(22)4-6-14/h3-6H,7-12H2,1-2H3,(H,23,25). The third-order valence-electron chi connectivity index (χ3n) is 5.12. The van der Waals surface area contributed by atoms with Gasteiger partial charge in [-0.05, 0) is 43.3 Å². The highest BCUT2D eigenvalue weighted by Crippen LogP contribution is 2.49. The Labute approximate surface area is 174 Å². The van der Waals surface area contributed by atoms with Crippen molar-refractivity contribution in [1.82, 2.24) is 10.2 Å². The van der Waals surface area contributed by atoms with E-state index in [2.05, 4.69) is 17.3 Å². The number of ether oxygens (including phenoxy) is 4. The van der Waals surface area contributed by atoms with Gasteiger partial charge in [0.2, 0.25) is 12.5 Å². The molecule has 0 aliphatic carbocycles. The largest absolute Gasteiger partial charge is 0.492 e. The normalized spacial score (nSPS) is 15.0. The van der Waals surface area contributed by atoms with Crippen LogP contribution in [0.15, 0.2) is 24.3 Å². The van der Waals surface area contributed by atoms with E-state index in [1.165, 1.54) is 0 Å². The molecule has 4 rings (SSSR count). The minimum Gasteiger partial charge on any atom is -0.492 e. The van der Waals surface area contributed by atoms with Gasteiger partial charge in [0.05, 0.1) is 7.11 Å². The van der Waals surface area contributed by atoms with Gasteiger partial charge in [-0.1, -0.05) is 11.6 Å². The van der Waals surface area contributed by atoms with Crippen molar-refractivity contribution in [2.45, 2.75) is 19.5 Å². The highest BCUT2D eigenvalue weighted by molar-refractivity contribution is 6.30. The summed E-state index contributed by atoms with van der Waals surface area (Å²) in [6, 6.07) is 6.89. The lowest BCUT2D eigenvalue weighted by atomic mass is 9.92. The Morgan fingerprint density at radius 1 is 1.21 bits per heavy atom. The molecule has 0 saturated carbocycles. The first-order chi connectivity index (χ1) is 14.1. The van der Waals surface area contributed by atoms with E-state index in [1.807, 2.05) is 0 Å². The van der Waals surface area contributed by atoms with Crippen LogP contribution in [0.1, 0.15) is 16.7 Å². The summed E-state index contributed by atoms with van der Waals surface area (Å²) in [6.07, 6.45) is 0.852. The number of carbonyl (C=O) groups excluding carboxylic acids is 1. The van der Waals surface area contributed by atoms with E-state index in [4.69, 9.17) is 30.5 Å². The zero-order chi connectivity index (χ0) is 20.4. The molecule has 2 aliphatic rings. The van der Waals surface area contributed by atoms with E-state index < -0.39 is 0 Å². The zero-order valence-corrected chi connectivity index (χ0v) is 17.2. The first-order valence-corrected chi connectivity index (χ1v) is 9.78. The fraction of sp³-hybridized carbons (Fsp3) is 0.381. The van der Waals surface area contributed by atoms with E-state index in [-0.39, 0.29) is 19.3 Å². The van der Waals surface area contributed by atoms with Crippen LogP contribution in [0.2, 0.25) is 5.02 Å². The number of nitrogens with zero attached hydrogens (tertiary/aromatic N) is 1. The number of benzene rings is 2. The van der Waals surface area contributed by atoms with Crippen LogP contribution in [0.25, 0.3) is 0 Å². The maximum Gasteiger partial charge on any atom is 0.258 e. The first-order valence-electron chi connectivity index (χ1n) is 9.40. The molecule has 2 heterocycles. The second kappa shape index (κ2) is 8.39. The van der Waals surface area contributed by atoms with Gasteiger partial charge in [-0.2, -0.15) is 0 Å². The second-order valence-electron chi connectivity index (χ2n) is 7.04. The molecule has 0 atom stereocenters. The van der Waals surface area contributed by atoms with Gasteiger partial charge in [-0.25, -0.2) is 0 Å². The monoisotopic (exact) mass is 418 g/mol. The molecule has 8 heteroatoms. The minimum atomic E-state index is -0.217. The van der Waals surface area contributed by atoms with Gasteiger partial charge in [0.15, 0.2) is 18.1 Å². The fourth-order valence-corrected chi connectivity index (χ4v) is 3.83. The number of fused-ring (bicyclic) bond motifs is 2. The van der Waals surface area contributed by atoms with Crippen molar-refractivity contribution in [2.75, 3.05) is 34.1 Å². The van der Waals surface area contributed by atoms with Crippen LogP contribution < -0.4 is 24.3 Å². The lowest BCUT2D eigenvalue weighted by Gasteiger charge is -2.29. The van der Waals surface area contributed by atoms with Crippen LogP contribution >= 0.6 is 11.6 Å². The van der Waals surface area contributed by atoms with Crippen LogP contribution in [0.3, 0.4) is 0 Å². The fourth-order valence-electron chi connectivity index (χ4n) is 3.71. The molecule has 2 aliphatic heterocycles. The Hall–Kier alpha value is -2.64. The number of amides is 1. The zero-order valence-electron chi connectivity index (χ0n) is 16.4. The lowest BCUT2D eigenvalue weighted by Crippen LogP contribution is -2.31. The molecule has 0 saturated heterocycles. The molecule has 0 fully saturated rings. The van der Waals surface area contributed by atoms with Crippen LogP contribution in [0.4, 0.5) is 0 Å². The van der Waals surface area contributed by atoms with Gasteiger partial charge in [0.1, 0.15) is 5.75 Å². The molecule has 0 unspecified atom stereocenters.